The summed E-state index contributed by atoms with van der Waals surface area (Å²) in [6, 6.07) is 3.45. The first-order chi connectivity index (χ1) is 14.4. The highest BCUT2D eigenvalue weighted by molar-refractivity contribution is 7.79. The van der Waals surface area contributed by atoms with Gasteiger partial charge in [-0.3, -0.25) is 9.59 Å². The first-order valence-electron chi connectivity index (χ1n) is 11.1. The Kier molecular flexibility index (Phi) is 6.34. The fraction of sp³-hybridized carbons (Fsp3) is 0.727. The van der Waals surface area contributed by atoms with Crippen LogP contribution in [0.5, 0.6) is 0 Å². The smallest absolute Gasteiger partial charge is 0.289 e. The Morgan fingerprint density at radius 3 is 2.40 bits per heavy atom. The van der Waals surface area contributed by atoms with Gasteiger partial charge in [0.25, 0.3) is 5.91 Å². The summed E-state index contributed by atoms with van der Waals surface area (Å²) in [5.41, 5.74) is 0. The molecule has 2 saturated carbocycles. The van der Waals surface area contributed by atoms with Crippen LogP contribution < -0.4 is 0 Å². The van der Waals surface area contributed by atoms with Crippen LogP contribution in [0.2, 0.25) is 0 Å². The molecule has 0 aromatic carbocycles. The Morgan fingerprint density at radius 1 is 1.10 bits per heavy atom. The summed E-state index contributed by atoms with van der Waals surface area (Å²) < 4.78 is 26.2. The fourth-order valence-electron chi connectivity index (χ4n) is 6.17. The van der Waals surface area contributed by atoms with Gasteiger partial charge in [0.05, 0.1) is 23.6 Å². The molecule has 30 heavy (non-hydrogen) atoms. The molecule has 2 aliphatic carbocycles. The van der Waals surface area contributed by atoms with Crippen molar-refractivity contribution < 1.29 is 22.8 Å². The predicted octanol–water partition coefficient (Wildman–Crippen LogP) is 3.29. The van der Waals surface area contributed by atoms with E-state index in [9.17, 15) is 18.4 Å². The molecule has 8 heteroatoms. The van der Waals surface area contributed by atoms with Crippen molar-refractivity contribution in [1.82, 2.24) is 9.80 Å². The largest absolute Gasteiger partial charge is 0.459 e. The number of hydrogen-bond donors (Lipinski definition) is 1. The maximum atomic E-state index is 13.2. The third-order valence-electron chi connectivity index (χ3n) is 7.54. The van der Waals surface area contributed by atoms with E-state index in [-0.39, 0.29) is 35.2 Å². The van der Waals surface area contributed by atoms with Gasteiger partial charge in [-0.1, -0.05) is 0 Å². The molecule has 4 rings (SSSR count). The lowest BCUT2D eigenvalue weighted by Gasteiger charge is -2.54. The minimum Gasteiger partial charge on any atom is -0.459 e. The van der Waals surface area contributed by atoms with Gasteiger partial charge >= 0.3 is 0 Å². The van der Waals surface area contributed by atoms with Gasteiger partial charge in [-0.05, 0) is 75.8 Å². The number of carbonyl (C=O) groups excluding carboxylic acids is 2. The fourth-order valence-corrected chi connectivity index (χ4v) is 6.84. The second-order valence-electron chi connectivity index (χ2n) is 9.23. The normalized spacial score (nSPS) is 35.6. The molecule has 4 unspecified atom stereocenters. The van der Waals surface area contributed by atoms with Crippen LogP contribution in [0.4, 0.5) is 0 Å². The summed E-state index contributed by atoms with van der Waals surface area (Å²) in [6.45, 7) is 4.16. The Bertz CT molecular complexity index is 789. The monoisotopic (exact) mass is 436 g/mol. The maximum Gasteiger partial charge on any atom is 0.289 e. The molecule has 1 aliphatic heterocycles. The van der Waals surface area contributed by atoms with Gasteiger partial charge in [-0.15, -0.1) is 0 Å². The highest BCUT2D eigenvalue weighted by atomic mass is 32.2. The van der Waals surface area contributed by atoms with Crippen LogP contribution in [0.15, 0.2) is 22.8 Å². The minimum atomic E-state index is -1.73. The standard InChI is InChI=1S/C22H32N2O5S/c1-14-13-23(22(26)21-4-3-11-29-21)20-12-17(7-10-19(20)24(14)15(2)25)16-5-8-18(9-6-16)30(27)28/h3-4,11,14,16-20H,5-10,12-13H2,1-2H3,(H,27,28)/t14-,16?,17?,18?,19?,20?/m0/s1. The number of fused-ring (bicyclic) bond motifs is 1. The van der Waals surface area contributed by atoms with E-state index in [0.29, 0.717) is 24.1 Å². The summed E-state index contributed by atoms with van der Waals surface area (Å²) >= 11 is -1.73. The summed E-state index contributed by atoms with van der Waals surface area (Å²) in [7, 11) is 0. The van der Waals surface area contributed by atoms with Crippen LogP contribution in [0.3, 0.4) is 0 Å². The SMILES string of the molecule is CC(=O)N1C2CCC(C3CCC(S(=O)O)CC3)CC2N(C(=O)c2ccco2)C[C@@H]1C. The molecule has 7 nitrogen and oxygen atoms in total. The van der Waals surface area contributed by atoms with E-state index in [1.165, 1.54) is 6.26 Å². The Labute approximate surface area is 180 Å². The van der Waals surface area contributed by atoms with Crippen LogP contribution in [0, 0.1) is 11.8 Å². The van der Waals surface area contributed by atoms with E-state index in [1.54, 1.807) is 19.1 Å². The first-order valence-corrected chi connectivity index (χ1v) is 12.3. The van der Waals surface area contributed by atoms with E-state index in [4.69, 9.17) is 4.42 Å². The third kappa shape index (κ3) is 4.08. The van der Waals surface area contributed by atoms with Gasteiger partial charge < -0.3 is 18.8 Å². The lowest BCUT2D eigenvalue weighted by Crippen LogP contribution is -2.67. The highest BCUT2D eigenvalue weighted by Crippen LogP contribution is 2.43. The number of carbonyl (C=O) groups is 2. The molecule has 0 bridgehead atoms. The van der Waals surface area contributed by atoms with Gasteiger partial charge in [-0.2, -0.15) is 0 Å². The van der Waals surface area contributed by atoms with E-state index in [2.05, 4.69) is 0 Å². The van der Waals surface area contributed by atoms with Gasteiger partial charge in [0.1, 0.15) is 0 Å². The van der Waals surface area contributed by atoms with E-state index < -0.39 is 11.1 Å². The molecule has 0 spiro atoms. The van der Waals surface area contributed by atoms with Crippen molar-refractivity contribution in [2.75, 3.05) is 6.54 Å². The number of piperazine rings is 1. The second kappa shape index (κ2) is 8.83. The van der Waals surface area contributed by atoms with Crippen LogP contribution >= 0.6 is 0 Å². The Hall–Kier alpha value is -1.67. The molecule has 1 N–H and O–H groups in total. The molecule has 1 saturated heterocycles. The summed E-state index contributed by atoms with van der Waals surface area (Å²) in [5, 5.41) is -0.0987. The van der Waals surface area contributed by atoms with Crippen molar-refractivity contribution in [3.05, 3.63) is 24.2 Å². The molecule has 5 atom stereocenters. The quantitative estimate of drug-likeness (QED) is 0.734. The number of rotatable bonds is 3. The Morgan fingerprint density at radius 2 is 1.80 bits per heavy atom. The molecular weight excluding hydrogens is 404 g/mol. The third-order valence-corrected chi connectivity index (χ3v) is 8.58. The molecule has 2 amide bonds. The number of hydrogen-bond acceptors (Lipinski definition) is 4. The van der Waals surface area contributed by atoms with Gasteiger partial charge in [0, 0.05) is 19.5 Å². The Balaban J connectivity index is 1.53. The molecule has 0 radical (unpaired) electrons. The number of furan rings is 1. The second-order valence-corrected chi connectivity index (χ2v) is 10.4. The summed E-state index contributed by atoms with van der Waals surface area (Å²) in [4.78, 5) is 29.5. The molecule has 3 aliphatic rings. The summed E-state index contributed by atoms with van der Waals surface area (Å²) in [6.07, 6.45) is 7.87. The molecule has 1 aromatic heterocycles. The van der Waals surface area contributed by atoms with Gasteiger partial charge in [0.15, 0.2) is 16.8 Å². The van der Waals surface area contributed by atoms with Crippen molar-refractivity contribution in [3.63, 3.8) is 0 Å². The predicted molar refractivity (Wildman–Crippen MR) is 113 cm³/mol. The molecule has 166 valence electrons. The molecule has 3 fully saturated rings. The van der Waals surface area contributed by atoms with Crippen LogP contribution in [-0.4, -0.2) is 60.3 Å². The highest BCUT2D eigenvalue weighted by Gasteiger charge is 2.48. The first kappa shape index (κ1) is 21.6. The minimum absolute atomic E-state index is 0.00820. The average molecular weight is 437 g/mol. The zero-order valence-electron chi connectivity index (χ0n) is 17.7. The van der Waals surface area contributed by atoms with Crippen molar-refractivity contribution in [2.45, 2.75) is 82.2 Å². The lowest BCUT2D eigenvalue weighted by atomic mass is 9.69. The lowest BCUT2D eigenvalue weighted by molar-refractivity contribution is -0.142. The van der Waals surface area contributed by atoms with Crippen molar-refractivity contribution in [2.24, 2.45) is 11.8 Å². The molecule has 2 heterocycles. The van der Waals surface area contributed by atoms with Crippen LogP contribution in [0.1, 0.15) is 69.3 Å². The maximum absolute atomic E-state index is 13.2. The van der Waals surface area contributed by atoms with Crippen LogP contribution in [0.25, 0.3) is 0 Å². The number of nitrogens with zero attached hydrogens (tertiary/aromatic N) is 2. The van der Waals surface area contributed by atoms with E-state index in [0.717, 1.165) is 44.9 Å². The van der Waals surface area contributed by atoms with Crippen molar-refractivity contribution >= 4 is 22.9 Å². The number of amides is 2. The topological polar surface area (TPSA) is 91.1 Å². The van der Waals surface area contributed by atoms with E-state index >= 15 is 0 Å². The van der Waals surface area contributed by atoms with Crippen molar-refractivity contribution in [3.8, 4) is 0 Å². The molecule has 1 aromatic rings. The summed E-state index contributed by atoms with van der Waals surface area (Å²) in [5.74, 6) is 1.34. The molecular formula is C22H32N2O5S. The van der Waals surface area contributed by atoms with Gasteiger partial charge in [-0.25, -0.2) is 4.21 Å². The van der Waals surface area contributed by atoms with Crippen molar-refractivity contribution in [1.29, 1.82) is 0 Å². The van der Waals surface area contributed by atoms with Crippen LogP contribution in [-0.2, 0) is 15.9 Å². The average Bonchev–Trinajstić information content (AvgIpc) is 3.27. The van der Waals surface area contributed by atoms with Gasteiger partial charge in [0.2, 0.25) is 5.91 Å². The zero-order valence-corrected chi connectivity index (χ0v) is 18.6. The van der Waals surface area contributed by atoms with E-state index in [1.807, 2.05) is 16.7 Å². The zero-order chi connectivity index (χ0) is 21.4.